The Bertz CT molecular complexity index is 939. The third kappa shape index (κ3) is 6.49. The molecule has 3 heterocycles. The molecule has 8 nitrogen and oxygen atoms in total. The van der Waals surface area contributed by atoms with Crippen molar-refractivity contribution in [1.82, 2.24) is 15.6 Å². The lowest BCUT2D eigenvalue weighted by molar-refractivity contribution is -0.122. The molecule has 0 aliphatic carbocycles. The molecular formula is C24H34IN7O. The van der Waals surface area contributed by atoms with E-state index in [9.17, 15) is 4.79 Å². The first kappa shape index (κ1) is 25.1. The van der Waals surface area contributed by atoms with Crippen LogP contribution in [0, 0.1) is 5.92 Å². The molecule has 1 amide bonds. The van der Waals surface area contributed by atoms with E-state index in [0.717, 1.165) is 56.2 Å². The van der Waals surface area contributed by atoms with Crippen LogP contribution in [0.2, 0.25) is 0 Å². The molecule has 4 rings (SSSR count). The Balaban J connectivity index is 0.00000306. The Labute approximate surface area is 213 Å². The number of guanidine groups is 1. The minimum absolute atomic E-state index is 0. The van der Waals surface area contributed by atoms with Crippen LogP contribution in [0.1, 0.15) is 24.8 Å². The number of para-hydroxylation sites is 1. The summed E-state index contributed by atoms with van der Waals surface area (Å²) in [5, 5.41) is 7.00. The molecule has 2 atom stereocenters. The van der Waals surface area contributed by atoms with Gasteiger partial charge in [-0.25, -0.2) is 4.98 Å². The molecule has 2 aliphatic heterocycles. The molecular weight excluding hydrogens is 529 g/mol. The van der Waals surface area contributed by atoms with Gasteiger partial charge in [-0.05, 0) is 37.5 Å². The molecule has 2 aromatic rings. The van der Waals surface area contributed by atoms with Crippen molar-refractivity contribution in [3.8, 4) is 0 Å². The molecule has 33 heavy (non-hydrogen) atoms. The number of carbonyl (C=O) groups is 1. The lowest BCUT2D eigenvalue weighted by Gasteiger charge is -2.33. The molecule has 2 unspecified atom stereocenters. The van der Waals surface area contributed by atoms with Crippen molar-refractivity contribution >= 4 is 47.3 Å². The van der Waals surface area contributed by atoms with Crippen LogP contribution in [0.4, 0.5) is 11.5 Å². The number of carbonyl (C=O) groups excluding carboxylic acids is 1. The molecule has 9 heteroatoms. The average molecular weight is 563 g/mol. The summed E-state index contributed by atoms with van der Waals surface area (Å²) in [7, 11) is 1.80. The van der Waals surface area contributed by atoms with E-state index in [-0.39, 0.29) is 35.8 Å². The summed E-state index contributed by atoms with van der Waals surface area (Å²) in [4.78, 5) is 25.3. The second kappa shape index (κ2) is 12.1. The number of aliphatic imine (C=N–C) groups is 1. The molecule has 0 bridgehead atoms. The van der Waals surface area contributed by atoms with Gasteiger partial charge in [0.05, 0.1) is 5.92 Å². The van der Waals surface area contributed by atoms with Gasteiger partial charge in [0.25, 0.3) is 0 Å². The molecule has 2 fully saturated rings. The van der Waals surface area contributed by atoms with Crippen LogP contribution in [0.15, 0.2) is 53.7 Å². The topological polar surface area (TPSA) is 98.9 Å². The van der Waals surface area contributed by atoms with Crippen LogP contribution < -0.4 is 26.2 Å². The molecule has 0 spiro atoms. The molecule has 1 aromatic carbocycles. The van der Waals surface area contributed by atoms with Crippen LogP contribution in [-0.2, 0) is 11.3 Å². The van der Waals surface area contributed by atoms with Gasteiger partial charge in [-0.3, -0.25) is 9.79 Å². The zero-order valence-corrected chi connectivity index (χ0v) is 21.4. The molecule has 1 aromatic heterocycles. The van der Waals surface area contributed by atoms with Gasteiger partial charge in [0.1, 0.15) is 5.82 Å². The van der Waals surface area contributed by atoms with Crippen molar-refractivity contribution in [2.75, 3.05) is 43.0 Å². The summed E-state index contributed by atoms with van der Waals surface area (Å²) in [6, 6.07) is 14.9. The highest BCUT2D eigenvalue weighted by Gasteiger charge is 2.26. The summed E-state index contributed by atoms with van der Waals surface area (Å²) in [6.07, 6.45) is 4.66. The van der Waals surface area contributed by atoms with Crippen LogP contribution in [0.5, 0.6) is 0 Å². The summed E-state index contributed by atoms with van der Waals surface area (Å²) < 4.78 is 0. The normalized spacial score (nSPS) is 20.8. The number of nitrogens with two attached hydrogens (primary N) is 1. The number of nitrogens with one attached hydrogen (secondary N) is 2. The van der Waals surface area contributed by atoms with E-state index < -0.39 is 0 Å². The fourth-order valence-corrected chi connectivity index (χ4v) is 4.57. The molecule has 178 valence electrons. The van der Waals surface area contributed by atoms with E-state index in [1.54, 1.807) is 13.2 Å². The summed E-state index contributed by atoms with van der Waals surface area (Å²) in [6.45, 7) is 4.10. The fourth-order valence-electron chi connectivity index (χ4n) is 4.57. The zero-order valence-electron chi connectivity index (χ0n) is 19.1. The number of hydrogen-bond acceptors (Lipinski definition) is 5. The maximum Gasteiger partial charge on any atom is 0.222 e. The van der Waals surface area contributed by atoms with Gasteiger partial charge < -0.3 is 26.2 Å². The highest BCUT2D eigenvalue weighted by atomic mass is 127. The van der Waals surface area contributed by atoms with E-state index in [0.29, 0.717) is 19.1 Å². The largest absolute Gasteiger partial charge is 0.369 e. The van der Waals surface area contributed by atoms with Crippen molar-refractivity contribution in [3.63, 3.8) is 0 Å². The maximum atomic E-state index is 11.7. The SMILES string of the molecule is CN=C(NCc1cccnc1N1CCCC(C(N)=O)C1)NC1CCN(c2ccccc2)C1.I. The Morgan fingerprint density at radius 2 is 1.94 bits per heavy atom. The second-order valence-electron chi connectivity index (χ2n) is 8.51. The lowest BCUT2D eigenvalue weighted by atomic mass is 9.97. The Hall–Kier alpha value is -2.56. The smallest absolute Gasteiger partial charge is 0.222 e. The summed E-state index contributed by atoms with van der Waals surface area (Å²) >= 11 is 0. The van der Waals surface area contributed by atoms with Crippen LogP contribution >= 0.6 is 24.0 Å². The van der Waals surface area contributed by atoms with Gasteiger partial charge in [-0.15, -0.1) is 24.0 Å². The number of primary amides is 1. The predicted octanol–water partition coefficient (Wildman–Crippen LogP) is 2.35. The maximum absolute atomic E-state index is 11.7. The molecule has 4 N–H and O–H groups in total. The predicted molar refractivity (Wildman–Crippen MR) is 144 cm³/mol. The Kier molecular flexibility index (Phi) is 9.16. The number of benzene rings is 1. The Morgan fingerprint density at radius 3 is 2.70 bits per heavy atom. The first-order valence-corrected chi connectivity index (χ1v) is 11.4. The number of hydrogen-bond donors (Lipinski definition) is 3. The number of pyridine rings is 1. The summed E-state index contributed by atoms with van der Waals surface area (Å²) in [5.41, 5.74) is 7.90. The van der Waals surface area contributed by atoms with E-state index in [2.05, 4.69) is 60.7 Å². The molecule has 2 saturated heterocycles. The van der Waals surface area contributed by atoms with Crippen molar-refractivity contribution in [1.29, 1.82) is 0 Å². The number of amides is 1. The zero-order chi connectivity index (χ0) is 22.3. The number of anilines is 2. The first-order chi connectivity index (χ1) is 15.6. The average Bonchev–Trinajstić information content (AvgIpc) is 3.31. The third-order valence-corrected chi connectivity index (χ3v) is 6.31. The van der Waals surface area contributed by atoms with Crippen molar-refractivity contribution in [2.24, 2.45) is 16.6 Å². The minimum Gasteiger partial charge on any atom is -0.369 e. The fraction of sp³-hybridized carbons (Fsp3) is 0.458. The summed E-state index contributed by atoms with van der Waals surface area (Å²) in [5.74, 6) is 1.36. The van der Waals surface area contributed by atoms with Gasteiger partial charge in [0.15, 0.2) is 5.96 Å². The highest BCUT2D eigenvalue weighted by Crippen LogP contribution is 2.24. The first-order valence-electron chi connectivity index (χ1n) is 11.4. The molecule has 0 saturated carbocycles. The van der Waals surface area contributed by atoms with Crippen molar-refractivity contribution < 1.29 is 4.79 Å². The second-order valence-corrected chi connectivity index (χ2v) is 8.51. The number of rotatable bonds is 6. The van der Waals surface area contributed by atoms with Crippen LogP contribution in [0.3, 0.4) is 0 Å². The number of halogens is 1. The van der Waals surface area contributed by atoms with Gasteiger partial charge in [-0.1, -0.05) is 24.3 Å². The third-order valence-electron chi connectivity index (χ3n) is 6.31. The lowest BCUT2D eigenvalue weighted by Crippen LogP contribution is -2.45. The van der Waals surface area contributed by atoms with Gasteiger partial charge in [0, 0.05) is 63.3 Å². The Morgan fingerprint density at radius 1 is 1.12 bits per heavy atom. The van der Waals surface area contributed by atoms with Gasteiger partial charge in [-0.2, -0.15) is 0 Å². The monoisotopic (exact) mass is 563 g/mol. The number of piperidine rings is 1. The van der Waals surface area contributed by atoms with Crippen LogP contribution in [-0.4, -0.2) is 56.1 Å². The minimum atomic E-state index is -0.226. The van der Waals surface area contributed by atoms with Gasteiger partial charge >= 0.3 is 0 Å². The standard InChI is InChI=1S/C24H33N7O.HI/c1-26-24(29-20-11-14-30(17-20)21-9-3-2-4-10-21)28-15-18-7-5-12-27-23(18)31-13-6-8-19(16-31)22(25)32;/h2-5,7,9-10,12,19-20H,6,8,11,13-17H2,1H3,(H2,25,32)(H2,26,28,29);1H. The van der Waals surface area contributed by atoms with Crippen molar-refractivity contribution in [2.45, 2.75) is 31.8 Å². The van der Waals surface area contributed by atoms with E-state index >= 15 is 0 Å². The molecule has 2 aliphatic rings. The quantitative estimate of drug-likeness (QED) is 0.284. The van der Waals surface area contributed by atoms with E-state index in [4.69, 9.17) is 5.73 Å². The number of aromatic nitrogens is 1. The number of nitrogens with zero attached hydrogens (tertiary/aromatic N) is 4. The van der Waals surface area contributed by atoms with E-state index in [1.165, 1.54) is 5.69 Å². The van der Waals surface area contributed by atoms with Crippen LogP contribution in [0.25, 0.3) is 0 Å². The molecule has 0 radical (unpaired) electrons. The highest BCUT2D eigenvalue weighted by molar-refractivity contribution is 14.0. The van der Waals surface area contributed by atoms with E-state index in [1.807, 2.05) is 12.1 Å². The van der Waals surface area contributed by atoms with Gasteiger partial charge in [0.2, 0.25) is 5.91 Å². The van der Waals surface area contributed by atoms with Crippen molar-refractivity contribution in [3.05, 3.63) is 54.2 Å².